The van der Waals surface area contributed by atoms with Gasteiger partial charge in [-0.25, -0.2) is 0 Å². The number of halogens is 1. The molecule has 0 radical (unpaired) electrons. The molecule has 0 fully saturated rings. The Hall–Kier alpha value is -0.473. The van der Waals surface area contributed by atoms with Crippen LogP contribution in [-0.2, 0) is 0 Å². The van der Waals surface area contributed by atoms with E-state index in [9.17, 15) is 0 Å². The standard InChI is InChI=1S/C8H11ClOSi/c1-11(2)10-8-5-3-7(9)4-6-8/h3-6,11H,1-2H3. The molecule has 0 heterocycles. The van der Waals surface area contributed by atoms with Gasteiger partial charge in [-0.1, -0.05) is 11.6 Å². The van der Waals surface area contributed by atoms with Crippen LogP contribution in [0.25, 0.3) is 0 Å². The molecular weight excluding hydrogens is 176 g/mol. The molecule has 0 aliphatic rings. The van der Waals surface area contributed by atoms with Gasteiger partial charge in [0.05, 0.1) is 0 Å². The zero-order chi connectivity index (χ0) is 8.27. The van der Waals surface area contributed by atoms with Crippen LogP contribution >= 0.6 is 11.6 Å². The highest BCUT2D eigenvalue weighted by Gasteiger charge is 1.97. The smallest absolute Gasteiger partial charge is 0.229 e. The number of hydrogen-bond acceptors (Lipinski definition) is 1. The summed E-state index contributed by atoms with van der Waals surface area (Å²) in [6, 6.07) is 7.48. The minimum absolute atomic E-state index is 0.753. The Morgan fingerprint density at radius 2 is 1.73 bits per heavy atom. The van der Waals surface area contributed by atoms with Crippen LogP contribution < -0.4 is 4.43 Å². The zero-order valence-electron chi connectivity index (χ0n) is 6.67. The normalized spacial score (nSPS) is 10.2. The summed E-state index contributed by atoms with van der Waals surface area (Å²) in [6.07, 6.45) is 0. The maximum Gasteiger partial charge on any atom is 0.229 e. The molecule has 1 nitrogen and oxygen atoms in total. The van der Waals surface area contributed by atoms with E-state index in [1.165, 1.54) is 0 Å². The first-order chi connectivity index (χ1) is 5.18. The molecular formula is C8H11ClOSi. The van der Waals surface area contributed by atoms with Crippen LogP contribution in [0.3, 0.4) is 0 Å². The van der Waals surface area contributed by atoms with Crippen LogP contribution in [0.4, 0.5) is 0 Å². The van der Waals surface area contributed by atoms with Crippen molar-refractivity contribution in [1.82, 2.24) is 0 Å². The summed E-state index contributed by atoms with van der Waals surface area (Å²) >= 11 is 5.70. The van der Waals surface area contributed by atoms with Crippen molar-refractivity contribution in [1.29, 1.82) is 0 Å². The first-order valence-corrected chi connectivity index (χ1v) is 6.76. The maximum atomic E-state index is 5.70. The molecule has 0 saturated heterocycles. The van der Waals surface area contributed by atoms with Gasteiger partial charge in [-0.05, 0) is 37.4 Å². The molecule has 0 N–H and O–H groups in total. The molecule has 60 valence electrons. The fourth-order valence-electron chi connectivity index (χ4n) is 0.785. The van der Waals surface area contributed by atoms with E-state index in [4.69, 9.17) is 16.0 Å². The third-order valence-electron chi connectivity index (χ3n) is 1.19. The minimum atomic E-state index is -0.956. The fourth-order valence-corrected chi connectivity index (χ4v) is 1.61. The Kier molecular flexibility index (Phi) is 2.97. The van der Waals surface area contributed by atoms with Crippen LogP contribution in [0.15, 0.2) is 24.3 Å². The van der Waals surface area contributed by atoms with Gasteiger partial charge in [0.25, 0.3) is 0 Å². The zero-order valence-corrected chi connectivity index (χ0v) is 8.58. The van der Waals surface area contributed by atoms with Gasteiger partial charge in [0.2, 0.25) is 9.04 Å². The summed E-state index contributed by atoms with van der Waals surface area (Å²) in [5.41, 5.74) is 0. The Balaban J connectivity index is 2.66. The molecule has 0 atom stereocenters. The average Bonchev–Trinajstić information content (AvgIpc) is 1.93. The van der Waals surface area contributed by atoms with Crippen LogP contribution in [-0.4, -0.2) is 9.04 Å². The van der Waals surface area contributed by atoms with E-state index in [0.29, 0.717) is 0 Å². The van der Waals surface area contributed by atoms with Crippen molar-refractivity contribution in [3.63, 3.8) is 0 Å². The summed E-state index contributed by atoms with van der Waals surface area (Å²) in [5.74, 6) is 0.927. The molecule has 1 rings (SSSR count). The first kappa shape index (κ1) is 8.62. The van der Waals surface area contributed by atoms with Crippen molar-refractivity contribution in [3.05, 3.63) is 29.3 Å². The topological polar surface area (TPSA) is 9.23 Å². The Bertz CT molecular complexity index is 220. The van der Waals surface area contributed by atoms with Gasteiger partial charge >= 0.3 is 0 Å². The summed E-state index contributed by atoms with van der Waals surface area (Å²) < 4.78 is 5.55. The molecule has 3 heteroatoms. The van der Waals surface area contributed by atoms with Crippen LogP contribution in [0, 0.1) is 0 Å². The molecule has 0 aromatic heterocycles. The molecule has 0 amide bonds. The quantitative estimate of drug-likeness (QED) is 0.646. The lowest BCUT2D eigenvalue weighted by Gasteiger charge is -2.07. The van der Waals surface area contributed by atoms with Gasteiger partial charge in [-0.15, -0.1) is 0 Å². The van der Waals surface area contributed by atoms with Crippen molar-refractivity contribution in [3.8, 4) is 5.75 Å². The SMILES string of the molecule is C[SiH](C)Oc1ccc(Cl)cc1. The van der Waals surface area contributed by atoms with Gasteiger partial charge in [0, 0.05) is 5.02 Å². The molecule has 0 aliphatic carbocycles. The molecule has 0 aliphatic heterocycles. The summed E-state index contributed by atoms with van der Waals surface area (Å²) in [7, 11) is -0.956. The highest BCUT2D eigenvalue weighted by Crippen LogP contribution is 2.15. The van der Waals surface area contributed by atoms with Gasteiger partial charge in [0.15, 0.2) is 0 Å². The summed E-state index contributed by atoms with van der Waals surface area (Å²) in [4.78, 5) is 0. The summed E-state index contributed by atoms with van der Waals surface area (Å²) in [6.45, 7) is 4.27. The van der Waals surface area contributed by atoms with E-state index in [1.807, 2.05) is 24.3 Å². The number of hydrogen-bond donors (Lipinski definition) is 0. The average molecular weight is 187 g/mol. The number of benzene rings is 1. The predicted molar refractivity (Wildman–Crippen MR) is 51.0 cm³/mol. The molecule has 1 aromatic rings. The van der Waals surface area contributed by atoms with Gasteiger partial charge < -0.3 is 4.43 Å². The third kappa shape index (κ3) is 2.95. The van der Waals surface area contributed by atoms with Crippen molar-refractivity contribution in [2.45, 2.75) is 13.1 Å². The Labute approximate surface area is 73.7 Å². The molecule has 1 aromatic carbocycles. The molecule has 0 saturated carbocycles. The van der Waals surface area contributed by atoms with Crippen molar-refractivity contribution in [2.24, 2.45) is 0 Å². The number of rotatable bonds is 2. The third-order valence-corrected chi connectivity index (χ3v) is 2.18. The van der Waals surface area contributed by atoms with E-state index < -0.39 is 9.04 Å². The Morgan fingerprint density at radius 3 is 2.18 bits per heavy atom. The van der Waals surface area contributed by atoms with Gasteiger partial charge in [0.1, 0.15) is 5.75 Å². The van der Waals surface area contributed by atoms with Gasteiger partial charge in [-0.2, -0.15) is 0 Å². The van der Waals surface area contributed by atoms with Crippen LogP contribution in [0.1, 0.15) is 0 Å². The molecule has 11 heavy (non-hydrogen) atoms. The molecule has 0 spiro atoms. The van der Waals surface area contributed by atoms with Crippen LogP contribution in [0.2, 0.25) is 18.1 Å². The maximum absolute atomic E-state index is 5.70. The highest BCUT2D eigenvalue weighted by atomic mass is 35.5. The monoisotopic (exact) mass is 186 g/mol. The van der Waals surface area contributed by atoms with Crippen molar-refractivity contribution >= 4 is 20.6 Å². The second-order valence-corrected chi connectivity index (χ2v) is 5.39. The van der Waals surface area contributed by atoms with E-state index in [2.05, 4.69) is 13.1 Å². The van der Waals surface area contributed by atoms with E-state index >= 15 is 0 Å². The second kappa shape index (κ2) is 3.79. The van der Waals surface area contributed by atoms with Gasteiger partial charge in [-0.3, -0.25) is 0 Å². The largest absolute Gasteiger partial charge is 0.547 e. The van der Waals surface area contributed by atoms with Crippen molar-refractivity contribution in [2.75, 3.05) is 0 Å². The lowest BCUT2D eigenvalue weighted by Crippen LogP contribution is -2.10. The van der Waals surface area contributed by atoms with Crippen LogP contribution in [0.5, 0.6) is 5.75 Å². The lowest BCUT2D eigenvalue weighted by atomic mass is 10.3. The van der Waals surface area contributed by atoms with E-state index in [0.717, 1.165) is 10.8 Å². The van der Waals surface area contributed by atoms with Crippen molar-refractivity contribution < 1.29 is 4.43 Å². The second-order valence-electron chi connectivity index (χ2n) is 2.62. The first-order valence-electron chi connectivity index (χ1n) is 3.60. The fraction of sp³-hybridized carbons (Fsp3) is 0.250. The predicted octanol–water partition coefficient (Wildman–Crippen LogP) is 2.70. The lowest BCUT2D eigenvalue weighted by molar-refractivity contribution is 0.581. The summed E-state index contributed by atoms with van der Waals surface area (Å²) in [5, 5.41) is 0.753. The highest BCUT2D eigenvalue weighted by molar-refractivity contribution is 6.49. The molecule has 0 unspecified atom stereocenters. The minimum Gasteiger partial charge on any atom is -0.547 e. The Morgan fingerprint density at radius 1 is 1.18 bits per heavy atom. The van der Waals surface area contributed by atoms with E-state index in [-0.39, 0.29) is 0 Å². The molecule has 0 bridgehead atoms. The van der Waals surface area contributed by atoms with E-state index in [1.54, 1.807) is 0 Å².